The highest BCUT2D eigenvalue weighted by atomic mass is 127. The molecule has 4 rings (SSSR count). The summed E-state index contributed by atoms with van der Waals surface area (Å²) in [5.41, 5.74) is 3.54. The Morgan fingerprint density at radius 1 is 1.00 bits per heavy atom. The fourth-order valence-electron chi connectivity index (χ4n) is 3.47. The molecule has 0 saturated heterocycles. The number of furan rings is 1. The lowest BCUT2D eigenvalue weighted by atomic mass is 10.1. The van der Waals surface area contributed by atoms with Crippen LogP contribution in [0.1, 0.15) is 22.5 Å². The highest BCUT2D eigenvalue weighted by Crippen LogP contribution is 2.12. The first-order valence-corrected chi connectivity index (χ1v) is 11.0. The van der Waals surface area contributed by atoms with Crippen LogP contribution in [0.4, 0.5) is 0 Å². The molecule has 0 unspecified atom stereocenters. The first-order chi connectivity index (χ1) is 16.3. The minimum absolute atomic E-state index is 0. The Hall–Kier alpha value is -3.27. The molecule has 0 spiro atoms. The zero-order valence-electron chi connectivity index (χ0n) is 19.2. The maximum absolute atomic E-state index is 5.44. The molecule has 0 aliphatic heterocycles. The van der Waals surface area contributed by atoms with Crippen LogP contribution in [0.5, 0.6) is 5.75 Å². The molecule has 8 heteroatoms. The molecule has 34 heavy (non-hydrogen) atoms. The summed E-state index contributed by atoms with van der Waals surface area (Å²) in [4.78, 5) is 4.79. The zero-order chi connectivity index (χ0) is 22.7. The van der Waals surface area contributed by atoms with Crippen molar-refractivity contribution >= 4 is 29.9 Å². The van der Waals surface area contributed by atoms with E-state index in [1.165, 1.54) is 11.1 Å². The Bertz CT molecular complexity index is 1130. The minimum atomic E-state index is 0. The van der Waals surface area contributed by atoms with Crippen molar-refractivity contribution in [1.29, 1.82) is 0 Å². The van der Waals surface area contributed by atoms with Gasteiger partial charge in [0.1, 0.15) is 11.5 Å². The molecule has 2 aromatic heterocycles. The fourth-order valence-corrected chi connectivity index (χ4v) is 3.47. The number of nitrogens with zero attached hydrogens (tertiary/aromatic N) is 3. The topological polar surface area (TPSA) is 76.6 Å². The summed E-state index contributed by atoms with van der Waals surface area (Å²) >= 11 is 0. The maximum atomic E-state index is 5.44. The third-order valence-electron chi connectivity index (χ3n) is 5.28. The first-order valence-electron chi connectivity index (χ1n) is 11.0. The summed E-state index contributed by atoms with van der Waals surface area (Å²) in [6.45, 7) is 2.67. The highest BCUT2D eigenvalue weighted by molar-refractivity contribution is 14.0. The Morgan fingerprint density at radius 2 is 1.82 bits per heavy atom. The van der Waals surface area contributed by atoms with Crippen molar-refractivity contribution in [2.75, 3.05) is 13.7 Å². The van der Waals surface area contributed by atoms with Gasteiger partial charge in [0.25, 0.3) is 0 Å². The molecule has 178 valence electrons. The molecule has 0 radical (unpaired) electrons. The molecule has 2 heterocycles. The first kappa shape index (κ1) is 25.4. The van der Waals surface area contributed by atoms with E-state index in [0.29, 0.717) is 13.1 Å². The molecule has 2 aromatic carbocycles. The standard InChI is InChI=1S/C26H29N5O2.HI/c1-32-24-11-9-21(10-12-24)18-28-26(27-15-13-25-8-4-17-33-25)29-19-22-6-2-3-7-23(22)20-31-16-5-14-30-31;/h2-12,14,16-17H,13,15,18-20H2,1H3,(H2,27,28,29);1H. The summed E-state index contributed by atoms with van der Waals surface area (Å²) in [6, 6.07) is 22.2. The summed E-state index contributed by atoms with van der Waals surface area (Å²) in [6.07, 6.45) is 6.25. The third kappa shape index (κ3) is 7.65. The second-order valence-electron chi connectivity index (χ2n) is 7.59. The van der Waals surface area contributed by atoms with Crippen LogP contribution in [0.3, 0.4) is 0 Å². The molecule has 0 atom stereocenters. The van der Waals surface area contributed by atoms with Crippen molar-refractivity contribution in [3.05, 3.63) is 108 Å². The number of nitrogens with one attached hydrogen (secondary N) is 2. The smallest absolute Gasteiger partial charge is 0.191 e. The van der Waals surface area contributed by atoms with Gasteiger partial charge in [-0.15, -0.1) is 24.0 Å². The van der Waals surface area contributed by atoms with Crippen LogP contribution in [-0.2, 0) is 26.1 Å². The van der Waals surface area contributed by atoms with Crippen molar-refractivity contribution in [3.63, 3.8) is 0 Å². The molecule has 0 aliphatic carbocycles. The van der Waals surface area contributed by atoms with E-state index in [1.54, 1.807) is 19.6 Å². The number of hydrogen-bond acceptors (Lipinski definition) is 4. The van der Waals surface area contributed by atoms with Crippen LogP contribution in [0.2, 0.25) is 0 Å². The van der Waals surface area contributed by atoms with Crippen LogP contribution >= 0.6 is 24.0 Å². The highest BCUT2D eigenvalue weighted by Gasteiger charge is 2.06. The molecule has 0 aliphatic rings. The van der Waals surface area contributed by atoms with Gasteiger partial charge in [0.2, 0.25) is 0 Å². The predicted molar refractivity (Wildman–Crippen MR) is 145 cm³/mol. The van der Waals surface area contributed by atoms with Gasteiger partial charge in [0.05, 0.1) is 26.5 Å². The van der Waals surface area contributed by atoms with Gasteiger partial charge in [0, 0.05) is 31.9 Å². The van der Waals surface area contributed by atoms with Crippen LogP contribution in [0, 0.1) is 0 Å². The van der Waals surface area contributed by atoms with Crippen molar-refractivity contribution in [2.45, 2.75) is 26.1 Å². The van der Waals surface area contributed by atoms with Gasteiger partial charge in [-0.25, -0.2) is 4.99 Å². The Labute approximate surface area is 217 Å². The number of ether oxygens (including phenoxy) is 1. The van der Waals surface area contributed by atoms with Crippen molar-refractivity contribution in [2.24, 2.45) is 4.99 Å². The number of benzene rings is 2. The molecular formula is C26H30IN5O2. The lowest BCUT2D eigenvalue weighted by Gasteiger charge is -2.15. The summed E-state index contributed by atoms with van der Waals surface area (Å²) < 4.78 is 12.6. The molecule has 7 nitrogen and oxygen atoms in total. The Kier molecular flexibility index (Phi) is 10.0. The number of hydrogen-bond donors (Lipinski definition) is 2. The van der Waals surface area contributed by atoms with Crippen molar-refractivity contribution in [1.82, 2.24) is 20.4 Å². The molecule has 0 fully saturated rings. The molecule has 4 aromatic rings. The third-order valence-corrected chi connectivity index (χ3v) is 5.28. The Morgan fingerprint density at radius 3 is 2.53 bits per heavy atom. The number of aliphatic imine (C=N–C) groups is 1. The normalized spacial score (nSPS) is 11.0. The van der Waals surface area contributed by atoms with E-state index in [1.807, 2.05) is 53.3 Å². The van der Waals surface area contributed by atoms with Gasteiger partial charge in [-0.2, -0.15) is 5.10 Å². The van der Waals surface area contributed by atoms with E-state index in [2.05, 4.69) is 40.0 Å². The summed E-state index contributed by atoms with van der Waals surface area (Å²) in [5.74, 6) is 2.54. The number of rotatable bonds is 10. The molecular weight excluding hydrogens is 541 g/mol. The largest absolute Gasteiger partial charge is 0.497 e. The summed E-state index contributed by atoms with van der Waals surface area (Å²) in [5, 5.41) is 11.2. The van der Waals surface area contributed by atoms with E-state index in [0.717, 1.165) is 42.5 Å². The van der Waals surface area contributed by atoms with Crippen LogP contribution in [0.15, 0.2) is 94.8 Å². The minimum Gasteiger partial charge on any atom is -0.497 e. The van der Waals surface area contributed by atoms with E-state index < -0.39 is 0 Å². The van der Waals surface area contributed by atoms with Gasteiger partial charge in [-0.3, -0.25) is 4.68 Å². The van der Waals surface area contributed by atoms with Gasteiger partial charge in [-0.05, 0) is 47.0 Å². The van der Waals surface area contributed by atoms with Crippen LogP contribution < -0.4 is 15.4 Å². The number of halogens is 1. The van der Waals surface area contributed by atoms with Gasteiger partial charge >= 0.3 is 0 Å². The quantitative estimate of drug-likeness (QED) is 0.165. The van der Waals surface area contributed by atoms with E-state index in [9.17, 15) is 0 Å². The molecule has 0 saturated carbocycles. The lowest BCUT2D eigenvalue weighted by molar-refractivity contribution is 0.414. The second kappa shape index (κ2) is 13.4. The van der Waals surface area contributed by atoms with Crippen molar-refractivity contribution in [3.8, 4) is 5.75 Å². The molecule has 0 amide bonds. The number of aromatic nitrogens is 2. The monoisotopic (exact) mass is 571 g/mol. The molecule has 0 bridgehead atoms. The summed E-state index contributed by atoms with van der Waals surface area (Å²) in [7, 11) is 1.67. The average Bonchev–Trinajstić information content (AvgIpc) is 3.56. The predicted octanol–water partition coefficient (Wildman–Crippen LogP) is 4.63. The van der Waals surface area contributed by atoms with Crippen LogP contribution in [-0.4, -0.2) is 29.4 Å². The number of guanidine groups is 1. The van der Waals surface area contributed by atoms with E-state index in [-0.39, 0.29) is 24.0 Å². The van der Waals surface area contributed by atoms with Gasteiger partial charge in [0.15, 0.2) is 5.96 Å². The van der Waals surface area contributed by atoms with E-state index in [4.69, 9.17) is 14.1 Å². The SMILES string of the molecule is COc1ccc(CN=C(NCCc2ccco2)NCc2ccccc2Cn2cccn2)cc1.I. The average molecular weight is 571 g/mol. The number of methoxy groups -OCH3 is 1. The van der Waals surface area contributed by atoms with E-state index >= 15 is 0 Å². The lowest BCUT2D eigenvalue weighted by Crippen LogP contribution is -2.38. The maximum Gasteiger partial charge on any atom is 0.191 e. The van der Waals surface area contributed by atoms with Gasteiger partial charge < -0.3 is 19.8 Å². The zero-order valence-corrected chi connectivity index (χ0v) is 21.5. The Balaban J connectivity index is 0.00000324. The van der Waals surface area contributed by atoms with Crippen molar-refractivity contribution < 1.29 is 9.15 Å². The fraction of sp³-hybridized carbons (Fsp3) is 0.231. The molecule has 2 N–H and O–H groups in total. The van der Waals surface area contributed by atoms with Gasteiger partial charge in [-0.1, -0.05) is 36.4 Å². The van der Waals surface area contributed by atoms with Crippen LogP contribution in [0.25, 0.3) is 0 Å². The second-order valence-corrected chi connectivity index (χ2v) is 7.59.